The molecule has 1 fully saturated rings. The van der Waals surface area contributed by atoms with E-state index in [-0.39, 0.29) is 18.1 Å². The molecule has 1 aliphatic heterocycles. The van der Waals surface area contributed by atoms with Crippen molar-refractivity contribution in [3.63, 3.8) is 0 Å². The van der Waals surface area contributed by atoms with Crippen molar-refractivity contribution in [2.24, 2.45) is 0 Å². The molecular formula is C28H24Cl2FIN2O2. The van der Waals surface area contributed by atoms with E-state index in [4.69, 9.17) is 34.5 Å². The highest BCUT2D eigenvalue weighted by Gasteiger charge is 2.48. The molecule has 1 amide bonds. The van der Waals surface area contributed by atoms with Gasteiger partial charge in [0.1, 0.15) is 18.0 Å². The summed E-state index contributed by atoms with van der Waals surface area (Å²) in [5, 5.41) is 1.16. The molecule has 3 aromatic carbocycles. The number of benzene rings is 3. The monoisotopic (exact) mass is 636 g/mol. The molecule has 1 aliphatic rings. The summed E-state index contributed by atoms with van der Waals surface area (Å²) in [5.74, 6) is -0.625. The highest BCUT2D eigenvalue weighted by Crippen LogP contribution is 2.44. The molecule has 4 rings (SSSR count). The van der Waals surface area contributed by atoms with E-state index < -0.39 is 24.4 Å². The second-order valence-electron chi connectivity index (χ2n) is 8.69. The smallest absolute Gasteiger partial charge is 0.301 e. The van der Waals surface area contributed by atoms with Crippen LogP contribution >= 0.6 is 45.8 Å². The second kappa shape index (κ2) is 11.9. The van der Waals surface area contributed by atoms with Crippen LogP contribution < -0.4 is 0 Å². The van der Waals surface area contributed by atoms with Gasteiger partial charge in [0.15, 0.2) is 0 Å². The van der Waals surface area contributed by atoms with Crippen LogP contribution in [0.1, 0.15) is 48.6 Å². The number of ether oxygens (including phenoxy) is 1. The van der Waals surface area contributed by atoms with Crippen molar-refractivity contribution in [3.05, 3.63) is 114 Å². The number of rotatable bonds is 7. The lowest BCUT2D eigenvalue weighted by atomic mass is 9.90. The lowest BCUT2D eigenvalue weighted by molar-refractivity contribution is -0.177. The van der Waals surface area contributed by atoms with Gasteiger partial charge in [-0.1, -0.05) is 60.5 Å². The van der Waals surface area contributed by atoms with Crippen molar-refractivity contribution < 1.29 is 13.9 Å². The lowest BCUT2D eigenvalue weighted by Crippen LogP contribution is -2.54. The molecule has 1 saturated heterocycles. The standard InChI is InChI=1S/C28H24Cl2FIN2O2/c1-3-4-25(33-2)34-26(18-6-10-20(29)11-7-18)27(19-8-12-21(30)13-9-19)36-24(28(34)35)16-17-5-14-23(32)22(31)15-17/h5-15,24-27H,3-4,16H2,1H3/t24-,25+,26+,27-/m0/s1. The summed E-state index contributed by atoms with van der Waals surface area (Å²) in [6.07, 6.45) is -0.660. The molecule has 0 radical (unpaired) electrons. The minimum Gasteiger partial charge on any atom is -0.358 e. The number of hydrogen-bond donors (Lipinski definition) is 0. The van der Waals surface area contributed by atoms with E-state index in [0.717, 1.165) is 17.5 Å². The largest absolute Gasteiger partial charge is 0.358 e. The molecular weight excluding hydrogens is 613 g/mol. The maximum absolute atomic E-state index is 14.3. The Kier molecular flexibility index (Phi) is 8.89. The number of morpholine rings is 1. The Morgan fingerprint density at radius 2 is 1.67 bits per heavy atom. The van der Waals surface area contributed by atoms with E-state index in [1.54, 1.807) is 41.3 Å². The molecule has 0 saturated carbocycles. The second-order valence-corrected chi connectivity index (χ2v) is 10.7. The highest BCUT2D eigenvalue weighted by molar-refractivity contribution is 14.1. The van der Waals surface area contributed by atoms with E-state index in [2.05, 4.69) is 4.85 Å². The number of carbonyl (C=O) groups is 1. The molecule has 0 aromatic heterocycles. The topological polar surface area (TPSA) is 33.9 Å². The maximum atomic E-state index is 14.3. The summed E-state index contributed by atoms with van der Waals surface area (Å²) in [7, 11) is 0. The zero-order chi connectivity index (χ0) is 25.8. The normalized spacial score (nSPS) is 20.7. The summed E-state index contributed by atoms with van der Waals surface area (Å²) < 4.78 is 21.3. The van der Waals surface area contributed by atoms with Gasteiger partial charge in [-0.2, -0.15) is 0 Å². The maximum Gasteiger partial charge on any atom is 0.301 e. The van der Waals surface area contributed by atoms with Crippen molar-refractivity contribution in [1.82, 2.24) is 4.90 Å². The van der Waals surface area contributed by atoms with Crippen molar-refractivity contribution >= 4 is 51.7 Å². The predicted molar refractivity (Wildman–Crippen MR) is 148 cm³/mol. The number of halogens is 4. The van der Waals surface area contributed by atoms with Gasteiger partial charge < -0.3 is 4.74 Å². The molecule has 36 heavy (non-hydrogen) atoms. The Morgan fingerprint density at radius 3 is 2.22 bits per heavy atom. The van der Waals surface area contributed by atoms with Crippen LogP contribution in [0.3, 0.4) is 0 Å². The van der Waals surface area contributed by atoms with Gasteiger partial charge in [-0.05, 0) is 82.1 Å². The Hall–Kier alpha value is -2.18. The van der Waals surface area contributed by atoms with Crippen LogP contribution in [-0.4, -0.2) is 23.1 Å². The molecule has 0 aliphatic carbocycles. The minimum absolute atomic E-state index is 0.192. The van der Waals surface area contributed by atoms with Crippen LogP contribution in [-0.2, 0) is 16.0 Å². The van der Waals surface area contributed by atoms with Crippen LogP contribution in [0.4, 0.5) is 4.39 Å². The molecule has 0 N–H and O–H groups in total. The molecule has 4 nitrogen and oxygen atoms in total. The molecule has 8 heteroatoms. The fourth-order valence-corrected chi connectivity index (χ4v) is 5.13. The van der Waals surface area contributed by atoms with E-state index in [1.165, 1.54) is 6.07 Å². The third-order valence-corrected chi connectivity index (χ3v) is 7.64. The number of nitrogens with zero attached hydrogens (tertiary/aromatic N) is 2. The van der Waals surface area contributed by atoms with Gasteiger partial charge in [-0.15, -0.1) is 0 Å². The van der Waals surface area contributed by atoms with Gasteiger partial charge >= 0.3 is 6.17 Å². The van der Waals surface area contributed by atoms with E-state index in [9.17, 15) is 9.18 Å². The van der Waals surface area contributed by atoms with Crippen LogP contribution in [0.25, 0.3) is 4.85 Å². The fraction of sp³-hybridized carbons (Fsp3) is 0.286. The van der Waals surface area contributed by atoms with E-state index >= 15 is 0 Å². The Bertz CT molecular complexity index is 1260. The molecule has 186 valence electrons. The first-order chi connectivity index (χ1) is 17.3. The van der Waals surface area contributed by atoms with E-state index in [0.29, 0.717) is 25.6 Å². The molecule has 3 aromatic rings. The Balaban J connectivity index is 1.82. The van der Waals surface area contributed by atoms with Gasteiger partial charge in [-0.25, -0.2) is 11.0 Å². The molecule has 4 atom stereocenters. The number of amides is 1. The molecule has 0 spiro atoms. The number of hydrogen-bond acceptors (Lipinski definition) is 2. The van der Waals surface area contributed by atoms with Gasteiger partial charge in [-0.3, -0.25) is 14.5 Å². The minimum atomic E-state index is -0.880. The lowest BCUT2D eigenvalue weighted by Gasteiger charge is -2.44. The van der Waals surface area contributed by atoms with Gasteiger partial charge in [0, 0.05) is 26.5 Å². The van der Waals surface area contributed by atoms with Crippen molar-refractivity contribution in [2.75, 3.05) is 0 Å². The number of carbonyl (C=O) groups excluding carboxylic acids is 1. The zero-order valence-corrected chi connectivity index (χ0v) is 23.2. The van der Waals surface area contributed by atoms with Crippen molar-refractivity contribution in [1.29, 1.82) is 0 Å². The summed E-state index contributed by atoms with van der Waals surface area (Å²) in [6.45, 7) is 9.90. The highest BCUT2D eigenvalue weighted by atomic mass is 127. The fourth-order valence-electron chi connectivity index (χ4n) is 4.54. The first-order valence-corrected chi connectivity index (χ1v) is 13.4. The average molecular weight is 637 g/mol. The molecule has 1 heterocycles. The molecule has 0 bridgehead atoms. The zero-order valence-electron chi connectivity index (χ0n) is 19.5. The Labute approximate surface area is 234 Å². The summed E-state index contributed by atoms with van der Waals surface area (Å²) >= 11 is 14.2. The van der Waals surface area contributed by atoms with Crippen LogP contribution in [0, 0.1) is 16.0 Å². The van der Waals surface area contributed by atoms with Crippen molar-refractivity contribution in [3.8, 4) is 0 Å². The predicted octanol–water partition coefficient (Wildman–Crippen LogP) is 8.04. The van der Waals surface area contributed by atoms with E-state index in [1.807, 2.05) is 53.8 Å². The van der Waals surface area contributed by atoms with Gasteiger partial charge in [0.2, 0.25) is 0 Å². The van der Waals surface area contributed by atoms with Gasteiger partial charge in [0.25, 0.3) is 5.91 Å². The van der Waals surface area contributed by atoms with Crippen LogP contribution in [0.15, 0.2) is 66.7 Å². The molecule has 0 unspecified atom stereocenters. The Morgan fingerprint density at radius 1 is 1.06 bits per heavy atom. The first-order valence-electron chi connectivity index (χ1n) is 11.6. The third kappa shape index (κ3) is 5.86. The average Bonchev–Trinajstić information content (AvgIpc) is 2.87. The van der Waals surface area contributed by atoms with Crippen LogP contribution in [0.2, 0.25) is 10.0 Å². The van der Waals surface area contributed by atoms with Gasteiger partial charge in [0.05, 0.1) is 6.04 Å². The van der Waals surface area contributed by atoms with Crippen molar-refractivity contribution in [2.45, 2.75) is 50.6 Å². The van der Waals surface area contributed by atoms with Crippen LogP contribution in [0.5, 0.6) is 0 Å². The summed E-state index contributed by atoms with van der Waals surface area (Å²) in [4.78, 5) is 19.5. The quantitative estimate of drug-likeness (QED) is 0.194. The first kappa shape index (κ1) is 26.9. The SMILES string of the molecule is [C-]#[N+][C@@H](CCC)N1C(=O)[C@H](Cc2ccc(I)c(F)c2)O[C@@H](c2ccc(Cl)cc2)[C@H]1c1ccc(Cl)cc1. The third-order valence-electron chi connectivity index (χ3n) is 6.26. The summed E-state index contributed by atoms with van der Waals surface area (Å²) in [6, 6.07) is 18.9. The summed E-state index contributed by atoms with van der Waals surface area (Å²) in [5.41, 5.74) is 2.30.